The molecule has 0 radical (unpaired) electrons. The van der Waals surface area contributed by atoms with Crippen LogP contribution in [0.1, 0.15) is 37.0 Å². The first-order chi connectivity index (χ1) is 17.1. The fraction of sp³-hybridized carbons (Fsp3) is 0.320. The Bertz CT molecular complexity index is 1500. The number of nitriles is 1. The van der Waals surface area contributed by atoms with E-state index in [4.69, 9.17) is 4.74 Å². The van der Waals surface area contributed by atoms with E-state index in [1.54, 1.807) is 12.1 Å². The van der Waals surface area contributed by atoms with Gasteiger partial charge in [-0.2, -0.15) is 9.66 Å². The van der Waals surface area contributed by atoms with Gasteiger partial charge < -0.3 is 9.64 Å². The standard InChI is InChI=1S/C25H25N5O4S2/c1-15(2)34-22-11-8-16(12-17(22)13-26)24-27-28-25(35-24)20-7-5-6-19-18(20)9-10-21(19)29-36(32,33)14-23(31)30(3)4/h5-8,11-12,15H,9-10,14H2,1-4H3/b29-21-. The Hall–Kier alpha value is -3.62. The van der Waals surface area contributed by atoms with E-state index in [2.05, 4.69) is 20.7 Å². The first kappa shape index (κ1) is 25.5. The SMILES string of the molecule is CC(C)Oc1ccc(-c2nnc(-c3cccc4c3CC/C4=N/S(=O)(=O)CC(=O)N(C)C)s2)cc1C#N. The van der Waals surface area contributed by atoms with Crippen molar-refractivity contribution >= 4 is 33.0 Å². The van der Waals surface area contributed by atoms with Crippen LogP contribution in [0.2, 0.25) is 0 Å². The number of amides is 1. The second-order valence-electron chi connectivity index (χ2n) is 8.79. The third-order valence-corrected chi connectivity index (χ3v) is 7.63. The van der Waals surface area contributed by atoms with Gasteiger partial charge in [0.1, 0.15) is 27.6 Å². The van der Waals surface area contributed by atoms with Crippen LogP contribution in [-0.2, 0) is 21.2 Å². The number of nitrogens with zero attached hydrogens (tertiary/aromatic N) is 5. The maximum Gasteiger partial charge on any atom is 0.262 e. The summed E-state index contributed by atoms with van der Waals surface area (Å²) in [6.45, 7) is 3.80. The average molecular weight is 524 g/mol. The molecule has 0 N–H and O–H groups in total. The van der Waals surface area contributed by atoms with Crippen molar-refractivity contribution < 1.29 is 17.9 Å². The summed E-state index contributed by atoms with van der Waals surface area (Å²) in [6, 6.07) is 13.1. The third-order valence-electron chi connectivity index (χ3n) is 5.52. The van der Waals surface area contributed by atoms with Crippen LogP contribution >= 0.6 is 11.3 Å². The van der Waals surface area contributed by atoms with E-state index in [-0.39, 0.29) is 6.10 Å². The maximum absolute atomic E-state index is 12.5. The minimum Gasteiger partial charge on any atom is -0.490 e. The molecule has 0 saturated heterocycles. The molecule has 36 heavy (non-hydrogen) atoms. The molecule has 0 bridgehead atoms. The summed E-state index contributed by atoms with van der Waals surface area (Å²) in [6.07, 6.45) is 1.01. The largest absolute Gasteiger partial charge is 0.490 e. The molecule has 1 amide bonds. The number of rotatable bonds is 7. The van der Waals surface area contributed by atoms with Gasteiger partial charge in [-0.3, -0.25) is 4.79 Å². The molecule has 1 aromatic heterocycles. The minimum absolute atomic E-state index is 0.0480. The second-order valence-corrected chi connectivity index (χ2v) is 11.4. The van der Waals surface area contributed by atoms with Crippen molar-refractivity contribution in [1.82, 2.24) is 15.1 Å². The number of ether oxygens (including phenoxy) is 1. The highest BCUT2D eigenvalue weighted by molar-refractivity contribution is 7.91. The summed E-state index contributed by atoms with van der Waals surface area (Å²) in [5.74, 6) is -0.656. The molecule has 11 heteroatoms. The van der Waals surface area contributed by atoms with E-state index >= 15 is 0 Å². The van der Waals surface area contributed by atoms with Crippen LogP contribution in [0.15, 0.2) is 40.8 Å². The van der Waals surface area contributed by atoms with Gasteiger partial charge in [0.05, 0.1) is 17.4 Å². The molecule has 0 saturated carbocycles. The lowest BCUT2D eigenvalue weighted by molar-refractivity contribution is -0.125. The summed E-state index contributed by atoms with van der Waals surface area (Å²) in [4.78, 5) is 13.1. The predicted octanol–water partition coefficient (Wildman–Crippen LogP) is 3.68. The summed E-state index contributed by atoms with van der Waals surface area (Å²) in [5.41, 5.74) is 4.19. The van der Waals surface area contributed by atoms with Gasteiger partial charge in [-0.15, -0.1) is 10.2 Å². The molecule has 0 aliphatic heterocycles. The molecule has 9 nitrogen and oxygen atoms in total. The number of carbonyl (C=O) groups excluding carboxylic acids is 1. The van der Waals surface area contributed by atoms with E-state index in [9.17, 15) is 18.5 Å². The first-order valence-corrected chi connectivity index (χ1v) is 13.7. The van der Waals surface area contributed by atoms with Crippen LogP contribution in [0.5, 0.6) is 5.75 Å². The van der Waals surface area contributed by atoms with E-state index in [0.29, 0.717) is 39.9 Å². The topological polar surface area (TPSA) is 126 Å². The normalized spacial score (nSPS) is 14.1. The molecular weight excluding hydrogens is 498 g/mol. The van der Waals surface area contributed by atoms with Gasteiger partial charge in [-0.25, -0.2) is 8.42 Å². The van der Waals surface area contributed by atoms with E-state index < -0.39 is 21.7 Å². The molecule has 0 atom stereocenters. The highest BCUT2D eigenvalue weighted by Crippen LogP contribution is 2.37. The zero-order valence-corrected chi connectivity index (χ0v) is 22.0. The quantitative estimate of drug-likeness (QED) is 0.462. The molecule has 0 spiro atoms. The third kappa shape index (κ3) is 5.45. The van der Waals surface area contributed by atoms with Crippen LogP contribution in [-0.4, -0.2) is 61.1 Å². The molecule has 2 aromatic carbocycles. The maximum atomic E-state index is 12.5. The number of hydrogen-bond acceptors (Lipinski definition) is 8. The number of sulfonamides is 1. The van der Waals surface area contributed by atoms with Crippen LogP contribution in [0.3, 0.4) is 0 Å². The summed E-state index contributed by atoms with van der Waals surface area (Å²) in [5, 5.41) is 19.6. The molecule has 0 unspecified atom stereocenters. The lowest BCUT2D eigenvalue weighted by atomic mass is 10.0. The smallest absolute Gasteiger partial charge is 0.262 e. The fourth-order valence-corrected chi connectivity index (χ4v) is 5.89. The monoisotopic (exact) mass is 523 g/mol. The van der Waals surface area contributed by atoms with Gasteiger partial charge in [0.15, 0.2) is 0 Å². The highest BCUT2D eigenvalue weighted by atomic mass is 32.2. The number of benzene rings is 2. The van der Waals surface area contributed by atoms with Crippen molar-refractivity contribution in [3.05, 3.63) is 53.1 Å². The fourth-order valence-electron chi connectivity index (χ4n) is 3.84. The Morgan fingerprint density at radius 1 is 1.17 bits per heavy atom. The lowest BCUT2D eigenvalue weighted by Gasteiger charge is -2.11. The van der Waals surface area contributed by atoms with Crippen molar-refractivity contribution in [2.75, 3.05) is 19.8 Å². The Morgan fingerprint density at radius 3 is 2.58 bits per heavy atom. The molecular formula is C25H25N5O4S2. The van der Waals surface area contributed by atoms with Gasteiger partial charge in [-0.05, 0) is 50.5 Å². The molecule has 3 aromatic rings. The number of carbonyl (C=O) groups is 1. The van der Waals surface area contributed by atoms with E-state index in [1.807, 2.05) is 38.1 Å². The van der Waals surface area contributed by atoms with Crippen molar-refractivity contribution in [1.29, 1.82) is 5.26 Å². The van der Waals surface area contributed by atoms with Crippen molar-refractivity contribution in [2.45, 2.75) is 32.8 Å². The van der Waals surface area contributed by atoms with E-state index in [1.165, 1.54) is 30.3 Å². The lowest BCUT2D eigenvalue weighted by Crippen LogP contribution is -2.28. The van der Waals surface area contributed by atoms with Crippen LogP contribution < -0.4 is 4.74 Å². The van der Waals surface area contributed by atoms with Crippen molar-refractivity contribution in [3.8, 4) is 33.0 Å². The molecule has 1 aliphatic carbocycles. The van der Waals surface area contributed by atoms with Gasteiger partial charge >= 0.3 is 0 Å². The molecule has 1 aliphatic rings. The number of aromatic nitrogens is 2. The van der Waals surface area contributed by atoms with Gasteiger partial charge in [0.2, 0.25) is 5.91 Å². The minimum atomic E-state index is -3.94. The van der Waals surface area contributed by atoms with Crippen molar-refractivity contribution in [2.24, 2.45) is 4.40 Å². The van der Waals surface area contributed by atoms with Gasteiger partial charge in [-0.1, -0.05) is 29.5 Å². The Kier molecular flexibility index (Phi) is 7.19. The highest BCUT2D eigenvalue weighted by Gasteiger charge is 2.26. The predicted molar refractivity (Wildman–Crippen MR) is 139 cm³/mol. The van der Waals surface area contributed by atoms with Crippen molar-refractivity contribution in [3.63, 3.8) is 0 Å². The van der Waals surface area contributed by atoms with Gasteiger partial charge in [0.25, 0.3) is 10.0 Å². The van der Waals surface area contributed by atoms with Crippen LogP contribution in [0, 0.1) is 11.3 Å². The second kappa shape index (κ2) is 10.2. The zero-order valence-electron chi connectivity index (χ0n) is 20.3. The molecule has 4 rings (SSSR count). The van der Waals surface area contributed by atoms with Crippen LogP contribution in [0.4, 0.5) is 0 Å². The Labute approximate surface area is 214 Å². The average Bonchev–Trinajstić information content (AvgIpc) is 3.46. The Morgan fingerprint density at radius 2 is 1.89 bits per heavy atom. The molecule has 1 heterocycles. The van der Waals surface area contributed by atoms with E-state index in [0.717, 1.165) is 22.3 Å². The summed E-state index contributed by atoms with van der Waals surface area (Å²) in [7, 11) is -0.930. The number of hydrogen-bond donors (Lipinski definition) is 0. The molecule has 0 fully saturated rings. The summed E-state index contributed by atoms with van der Waals surface area (Å²) >= 11 is 1.39. The first-order valence-electron chi connectivity index (χ1n) is 11.3. The van der Waals surface area contributed by atoms with Crippen LogP contribution in [0.25, 0.3) is 21.1 Å². The summed E-state index contributed by atoms with van der Waals surface area (Å²) < 4.78 is 34.6. The Balaban J connectivity index is 1.64. The zero-order chi connectivity index (χ0) is 26.0. The molecule has 186 valence electrons. The van der Waals surface area contributed by atoms with Gasteiger partial charge in [0, 0.05) is 30.8 Å². The number of fused-ring (bicyclic) bond motifs is 1.